The molecular weight excluding hydrogens is 596 g/mol. The topological polar surface area (TPSA) is 130 Å². The van der Waals surface area contributed by atoms with Crippen molar-refractivity contribution in [3.05, 3.63) is 60.3 Å². The van der Waals surface area contributed by atoms with Gasteiger partial charge in [-0.3, -0.25) is 10.1 Å². The van der Waals surface area contributed by atoms with Crippen LogP contribution >= 0.6 is 0 Å². The van der Waals surface area contributed by atoms with Gasteiger partial charge in [0.1, 0.15) is 17.5 Å². The van der Waals surface area contributed by atoms with Crippen LogP contribution in [-0.2, 0) is 18.3 Å². The number of ether oxygens (including phenoxy) is 1. The zero-order valence-corrected chi connectivity index (χ0v) is 28.1. The highest BCUT2D eigenvalue weighted by atomic mass is 16.6. The number of nitrogens with one attached hydrogen (secondary N) is 2. The van der Waals surface area contributed by atoms with Crippen molar-refractivity contribution in [2.75, 3.05) is 33.7 Å². The molecule has 1 aromatic carbocycles. The van der Waals surface area contributed by atoms with E-state index in [4.69, 9.17) is 9.72 Å². The Labute approximate surface area is 275 Å². The van der Waals surface area contributed by atoms with Crippen LogP contribution in [0.25, 0.3) is 33.6 Å². The van der Waals surface area contributed by atoms with Crippen LogP contribution in [0.4, 0.5) is 4.79 Å². The summed E-state index contributed by atoms with van der Waals surface area (Å²) in [7, 11) is 5.89. The molecule has 1 unspecified atom stereocenters. The first-order chi connectivity index (χ1) is 22.4. The van der Waals surface area contributed by atoms with E-state index in [2.05, 4.69) is 36.9 Å². The van der Waals surface area contributed by atoms with Crippen molar-refractivity contribution in [3.8, 4) is 11.5 Å². The second kappa shape index (κ2) is 13.1. The van der Waals surface area contributed by atoms with E-state index < -0.39 is 30.0 Å². The van der Waals surface area contributed by atoms with Gasteiger partial charge >= 0.3 is 6.09 Å². The summed E-state index contributed by atoms with van der Waals surface area (Å²) in [5.74, 6) is 1.19. The smallest absolute Gasteiger partial charge is 0.410 e. The maximum Gasteiger partial charge on any atom is 0.410 e. The Hall–Kier alpha value is -4.26. The van der Waals surface area contributed by atoms with Crippen molar-refractivity contribution in [3.63, 3.8) is 0 Å². The monoisotopic (exact) mass is 642 g/mol. The predicted octanol–water partition coefficient (Wildman–Crippen LogP) is 3.74. The van der Waals surface area contributed by atoms with Crippen LogP contribution in [0.15, 0.2) is 54.7 Å². The van der Waals surface area contributed by atoms with Crippen LogP contribution in [0, 0.1) is 5.92 Å². The van der Waals surface area contributed by atoms with E-state index in [1.807, 2.05) is 77.3 Å². The second-order valence-corrected chi connectivity index (χ2v) is 14.1. The summed E-state index contributed by atoms with van der Waals surface area (Å²) in [6.07, 6.45) is 6.40. The Morgan fingerprint density at radius 1 is 1.15 bits per heavy atom. The number of rotatable bonds is 10. The molecule has 2 fully saturated rings. The van der Waals surface area contributed by atoms with Crippen LogP contribution in [0.2, 0.25) is 0 Å². The number of carbonyl (C=O) groups is 2. The molecule has 0 spiro atoms. The minimum atomic E-state index is -0.952. The third kappa shape index (κ3) is 7.50. The molecule has 1 saturated heterocycles. The standard InChI is InChI=1S/C35H46N8O4/c1-35(2,3)47-34(46)42-20-26(37-30(44)10-8-16-40(4)5)27(21-42)39-33(45)24-13-14-28-25(17-24)38-32(41(28)6)29-18-23-9-7-15-36-31(23)43(29)19-22-11-12-22/h7-10,13-15,17-18,22,26-27,30,37,44H,11-12,16,19-21H2,1-6H3,(H,39,45)/b10-8+/t26-,27-,30?/m0/s1. The summed E-state index contributed by atoms with van der Waals surface area (Å²) in [6, 6.07) is 10.8. The Kier molecular flexibility index (Phi) is 9.10. The number of imidazole rings is 1. The maximum absolute atomic E-state index is 13.7. The van der Waals surface area contributed by atoms with E-state index in [1.165, 1.54) is 12.8 Å². The van der Waals surface area contributed by atoms with Crippen LogP contribution in [0.5, 0.6) is 0 Å². The molecule has 1 aliphatic heterocycles. The molecule has 0 bridgehead atoms. The molecule has 3 atom stereocenters. The molecule has 250 valence electrons. The number of benzene rings is 1. The number of carbonyl (C=O) groups excluding carboxylic acids is 2. The van der Waals surface area contributed by atoms with Gasteiger partial charge in [-0.15, -0.1) is 0 Å². The summed E-state index contributed by atoms with van der Waals surface area (Å²) in [5, 5.41) is 18.0. The summed E-state index contributed by atoms with van der Waals surface area (Å²) < 4.78 is 9.94. The lowest BCUT2D eigenvalue weighted by molar-refractivity contribution is 0.0284. The average Bonchev–Trinajstić information content (AvgIpc) is 3.51. The Morgan fingerprint density at radius 3 is 2.64 bits per heavy atom. The number of likely N-dealkylation sites (tertiary alicyclic amines) is 1. The maximum atomic E-state index is 13.7. The zero-order valence-electron chi connectivity index (χ0n) is 28.1. The van der Waals surface area contributed by atoms with Crippen LogP contribution in [0.3, 0.4) is 0 Å². The van der Waals surface area contributed by atoms with Crippen molar-refractivity contribution in [2.24, 2.45) is 13.0 Å². The van der Waals surface area contributed by atoms with Crippen molar-refractivity contribution in [1.29, 1.82) is 0 Å². The van der Waals surface area contributed by atoms with Gasteiger partial charge in [0.2, 0.25) is 0 Å². The normalized spacial score (nSPS) is 19.4. The van der Waals surface area contributed by atoms with Crippen LogP contribution in [-0.4, -0.2) is 104 Å². The van der Waals surface area contributed by atoms with Gasteiger partial charge in [-0.2, -0.15) is 0 Å². The fraction of sp³-hybridized carbons (Fsp3) is 0.486. The van der Waals surface area contributed by atoms with Gasteiger partial charge in [0.05, 0.1) is 22.8 Å². The molecule has 2 amide bonds. The van der Waals surface area contributed by atoms with Crippen molar-refractivity contribution in [1.82, 2.24) is 39.5 Å². The number of nitrogens with zero attached hydrogens (tertiary/aromatic N) is 6. The fourth-order valence-electron chi connectivity index (χ4n) is 6.11. The molecule has 12 heteroatoms. The number of hydrogen-bond acceptors (Lipinski definition) is 8. The van der Waals surface area contributed by atoms with Gasteiger partial charge in [-0.1, -0.05) is 6.08 Å². The highest BCUT2D eigenvalue weighted by molar-refractivity contribution is 5.98. The van der Waals surface area contributed by atoms with Gasteiger partial charge in [0, 0.05) is 56.4 Å². The molecular formula is C35H46N8O4. The third-order valence-electron chi connectivity index (χ3n) is 8.63. The van der Waals surface area contributed by atoms with E-state index in [9.17, 15) is 14.7 Å². The second-order valence-electron chi connectivity index (χ2n) is 14.1. The highest BCUT2D eigenvalue weighted by Gasteiger charge is 2.39. The number of amides is 2. The van der Waals surface area contributed by atoms with Gasteiger partial charge in [-0.25, -0.2) is 14.8 Å². The number of aliphatic hydroxyl groups is 1. The summed E-state index contributed by atoms with van der Waals surface area (Å²) in [4.78, 5) is 39.9. The summed E-state index contributed by atoms with van der Waals surface area (Å²) in [5.41, 5.74) is 3.40. The number of pyridine rings is 1. The molecule has 0 radical (unpaired) electrons. The lowest BCUT2D eigenvalue weighted by Gasteiger charge is -2.24. The average molecular weight is 643 g/mol. The number of aryl methyl sites for hydroxylation is 1. The summed E-state index contributed by atoms with van der Waals surface area (Å²) >= 11 is 0. The fourth-order valence-corrected chi connectivity index (χ4v) is 6.11. The molecule has 3 aromatic heterocycles. The highest BCUT2D eigenvalue weighted by Crippen LogP contribution is 2.36. The number of hydrogen-bond donors (Lipinski definition) is 3. The number of likely N-dealkylation sites (N-methyl/N-ethyl adjacent to an activating group) is 1. The Morgan fingerprint density at radius 2 is 1.91 bits per heavy atom. The molecule has 3 N–H and O–H groups in total. The van der Waals surface area contributed by atoms with Crippen molar-refractivity contribution in [2.45, 2.75) is 64.1 Å². The van der Waals surface area contributed by atoms with Gasteiger partial charge < -0.3 is 34.1 Å². The third-order valence-corrected chi connectivity index (χ3v) is 8.63. The Bertz CT molecular complexity index is 1800. The quantitative estimate of drug-likeness (QED) is 0.176. The van der Waals surface area contributed by atoms with Crippen LogP contribution in [0.1, 0.15) is 44.0 Å². The van der Waals surface area contributed by atoms with Gasteiger partial charge in [0.15, 0.2) is 5.82 Å². The lowest BCUT2D eigenvalue weighted by Crippen LogP contribution is -2.51. The molecule has 12 nitrogen and oxygen atoms in total. The van der Waals surface area contributed by atoms with Crippen molar-refractivity contribution >= 4 is 34.1 Å². The molecule has 4 heterocycles. The minimum Gasteiger partial charge on any atom is -0.444 e. The molecule has 1 aliphatic carbocycles. The van der Waals surface area contributed by atoms with Crippen molar-refractivity contribution < 1.29 is 19.4 Å². The number of fused-ring (bicyclic) bond motifs is 2. The van der Waals surface area contributed by atoms with E-state index in [0.29, 0.717) is 23.5 Å². The largest absolute Gasteiger partial charge is 0.444 e. The van der Waals surface area contributed by atoms with E-state index >= 15 is 0 Å². The first-order valence-corrected chi connectivity index (χ1v) is 16.3. The van der Waals surface area contributed by atoms with E-state index in [0.717, 1.165) is 34.6 Å². The molecule has 47 heavy (non-hydrogen) atoms. The first kappa shape index (κ1) is 32.7. The van der Waals surface area contributed by atoms with Crippen LogP contribution < -0.4 is 10.6 Å². The predicted molar refractivity (Wildman–Crippen MR) is 182 cm³/mol. The number of aliphatic hydroxyl groups excluding tert-OH is 1. The molecule has 4 aromatic rings. The zero-order chi connectivity index (χ0) is 33.5. The molecule has 2 aliphatic rings. The lowest BCUT2D eigenvalue weighted by atomic mass is 10.1. The number of aromatic nitrogens is 4. The van der Waals surface area contributed by atoms with Gasteiger partial charge in [-0.05, 0) is 96.1 Å². The van der Waals surface area contributed by atoms with E-state index in [1.54, 1.807) is 17.0 Å². The minimum absolute atomic E-state index is 0.238. The molecule has 1 saturated carbocycles. The molecule has 6 rings (SSSR count). The first-order valence-electron chi connectivity index (χ1n) is 16.3. The summed E-state index contributed by atoms with van der Waals surface area (Å²) in [6.45, 7) is 7.54. The Balaban J connectivity index is 1.23. The van der Waals surface area contributed by atoms with E-state index in [-0.39, 0.29) is 19.0 Å². The van der Waals surface area contributed by atoms with Gasteiger partial charge in [0.25, 0.3) is 5.91 Å². The SMILES string of the molecule is CN(C)C/C=C/C(O)N[C@H]1CN(C(=O)OC(C)(C)C)C[C@@H]1NC(=O)c1ccc2c(c1)nc(-c1cc3cccnc3n1CC1CC1)n2C.